The van der Waals surface area contributed by atoms with Crippen LogP contribution in [0.2, 0.25) is 0 Å². The summed E-state index contributed by atoms with van der Waals surface area (Å²) in [7, 11) is 1.99. The molecule has 2 saturated heterocycles. The second kappa shape index (κ2) is 5.13. The fraction of sp³-hybridized carbons (Fsp3) is 0.800. The van der Waals surface area contributed by atoms with E-state index in [0.717, 1.165) is 51.2 Å². The highest BCUT2D eigenvalue weighted by Gasteiger charge is 2.46. The van der Waals surface area contributed by atoms with Crippen LogP contribution in [0.1, 0.15) is 36.2 Å². The molecule has 5 heteroatoms. The Bertz CT molecular complexity index is 492. The van der Waals surface area contributed by atoms with E-state index in [9.17, 15) is 5.11 Å². The van der Waals surface area contributed by atoms with E-state index in [1.165, 1.54) is 11.3 Å². The van der Waals surface area contributed by atoms with Crippen LogP contribution >= 0.6 is 0 Å². The number of hydrogen-bond acceptors (Lipinski definition) is 4. The molecule has 0 amide bonds. The van der Waals surface area contributed by atoms with Crippen molar-refractivity contribution in [2.75, 3.05) is 19.7 Å². The number of piperidine rings is 1. The van der Waals surface area contributed by atoms with Gasteiger partial charge in [-0.05, 0) is 33.1 Å². The fourth-order valence-corrected chi connectivity index (χ4v) is 3.64. The van der Waals surface area contributed by atoms with Crippen LogP contribution in [0, 0.1) is 13.8 Å². The topological polar surface area (TPSA) is 50.5 Å². The van der Waals surface area contributed by atoms with Gasteiger partial charge in [0.2, 0.25) is 0 Å². The maximum absolute atomic E-state index is 10.3. The van der Waals surface area contributed by atoms with Crippen LogP contribution in [0.3, 0.4) is 0 Å². The van der Waals surface area contributed by atoms with Crippen molar-refractivity contribution in [3.63, 3.8) is 0 Å². The number of nitrogens with zero attached hydrogens (tertiary/aromatic N) is 3. The highest BCUT2D eigenvalue weighted by atomic mass is 16.5. The molecular formula is C15H25N3O2. The van der Waals surface area contributed by atoms with Crippen LogP contribution in [-0.2, 0) is 18.3 Å². The van der Waals surface area contributed by atoms with Crippen LogP contribution in [0.25, 0.3) is 0 Å². The van der Waals surface area contributed by atoms with Crippen molar-refractivity contribution in [1.29, 1.82) is 0 Å². The summed E-state index contributed by atoms with van der Waals surface area (Å²) in [4.78, 5) is 2.41. The van der Waals surface area contributed by atoms with Crippen molar-refractivity contribution >= 4 is 0 Å². The van der Waals surface area contributed by atoms with Gasteiger partial charge in [-0.15, -0.1) is 0 Å². The van der Waals surface area contributed by atoms with E-state index in [4.69, 9.17) is 4.74 Å². The number of likely N-dealkylation sites (tertiary alicyclic amines) is 1. The van der Waals surface area contributed by atoms with E-state index in [1.807, 2.05) is 11.7 Å². The molecule has 0 unspecified atom stereocenters. The van der Waals surface area contributed by atoms with Crippen LogP contribution < -0.4 is 0 Å². The maximum atomic E-state index is 10.3. The van der Waals surface area contributed by atoms with Gasteiger partial charge in [0, 0.05) is 44.5 Å². The lowest BCUT2D eigenvalue weighted by Gasteiger charge is -2.43. The van der Waals surface area contributed by atoms with Crippen LogP contribution in [0.15, 0.2) is 0 Å². The molecule has 0 saturated carbocycles. The standard InChI is InChI=1S/C15H25N3O2/c1-11-13(12(2)17(3)16-11)9-18-7-5-14(19)15(10-18)6-4-8-20-15/h14,19H,4-10H2,1-3H3/t14-,15-/m0/s1. The van der Waals surface area contributed by atoms with Gasteiger partial charge in [-0.25, -0.2) is 0 Å². The van der Waals surface area contributed by atoms with Gasteiger partial charge in [-0.2, -0.15) is 5.10 Å². The third-order valence-electron chi connectivity index (χ3n) is 4.99. The molecule has 1 N–H and O–H groups in total. The first kappa shape index (κ1) is 14.0. The van der Waals surface area contributed by atoms with Crippen molar-refractivity contribution in [3.05, 3.63) is 17.0 Å². The Morgan fingerprint density at radius 1 is 1.45 bits per heavy atom. The quantitative estimate of drug-likeness (QED) is 0.882. The maximum Gasteiger partial charge on any atom is 0.107 e. The molecular weight excluding hydrogens is 254 g/mol. The smallest absolute Gasteiger partial charge is 0.107 e. The first-order chi connectivity index (χ1) is 9.52. The number of aliphatic hydroxyl groups is 1. The van der Waals surface area contributed by atoms with Crippen molar-refractivity contribution in [3.8, 4) is 0 Å². The number of rotatable bonds is 2. The summed E-state index contributed by atoms with van der Waals surface area (Å²) in [6, 6.07) is 0. The third kappa shape index (κ3) is 2.28. The number of aliphatic hydroxyl groups excluding tert-OH is 1. The number of ether oxygens (including phenoxy) is 1. The molecule has 0 aliphatic carbocycles. The molecule has 2 fully saturated rings. The van der Waals surface area contributed by atoms with Crippen LogP contribution in [-0.4, -0.2) is 51.2 Å². The van der Waals surface area contributed by atoms with Crippen molar-refractivity contribution in [1.82, 2.24) is 14.7 Å². The zero-order chi connectivity index (χ0) is 14.3. The molecule has 1 aromatic rings. The third-order valence-corrected chi connectivity index (χ3v) is 4.99. The second-order valence-electron chi connectivity index (χ2n) is 6.30. The minimum atomic E-state index is -0.317. The zero-order valence-corrected chi connectivity index (χ0v) is 12.7. The van der Waals surface area contributed by atoms with Crippen molar-refractivity contribution in [2.24, 2.45) is 7.05 Å². The van der Waals surface area contributed by atoms with Gasteiger partial charge < -0.3 is 9.84 Å². The molecule has 2 atom stereocenters. The van der Waals surface area contributed by atoms with Gasteiger partial charge in [0.15, 0.2) is 0 Å². The number of hydrogen-bond donors (Lipinski definition) is 1. The normalized spacial score (nSPS) is 31.3. The first-order valence-electron chi connectivity index (χ1n) is 7.55. The number of aromatic nitrogens is 2. The predicted octanol–water partition coefficient (Wildman–Crippen LogP) is 1.15. The van der Waals surface area contributed by atoms with E-state index in [-0.39, 0.29) is 11.7 Å². The monoisotopic (exact) mass is 279 g/mol. The van der Waals surface area contributed by atoms with E-state index in [2.05, 4.69) is 23.8 Å². The van der Waals surface area contributed by atoms with Gasteiger partial charge in [0.25, 0.3) is 0 Å². The molecule has 0 radical (unpaired) electrons. The van der Waals surface area contributed by atoms with Crippen LogP contribution in [0.4, 0.5) is 0 Å². The predicted molar refractivity (Wildman–Crippen MR) is 76.5 cm³/mol. The lowest BCUT2D eigenvalue weighted by Crippen LogP contribution is -2.56. The summed E-state index contributed by atoms with van der Waals surface area (Å²) in [5, 5.41) is 14.8. The molecule has 20 heavy (non-hydrogen) atoms. The Labute approximate surface area is 120 Å². The molecule has 0 bridgehead atoms. The minimum Gasteiger partial charge on any atom is -0.390 e. The Morgan fingerprint density at radius 3 is 2.85 bits per heavy atom. The lowest BCUT2D eigenvalue weighted by atomic mass is 9.87. The molecule has 1 aromatic heterocycles. The summed E-state index contributed by atoms with van der Waals surface area (Å²) in [6.07, 6.45) is 2.54. The van der Waals surface area contributed by atoms with Gasteiger partial charge in [0.1, 0.15) is 5.60 Å². The van der Waals surface area contributed by atoms with E-state index in [0.29, 0.717) is 0 Å². The van der Waals surface area contributed by atoms with Gasteiger partial charge in [-0.1, -0.05) is 0 Å². The Hall–Kier alpha value is -0.910. The van der Waals surface area contributed by atoms with Crippen molar-refractivity contribution < 1.29 is 9.84 Å². The summed E-state index contributed by atoms with van der Waals surface area (Å²) < 4.78 is 7.86. The van der Waals surface area contributed by atoms with Gasteiger partial charge in [0.05, 0.1) is 11.8 Å². The highest BCUT2D eigenvalue weighted by Crippen LogP contribution is 2.35. The van der Waals surface area contributed by atoms with E-state index in [1.54, 1.807) is 0 Å². The average Bonchev–Trinajstić information content (AvgIpc) is 2.96. The van der Waals surface area contributed by atoms with E-state index >= 15 is 0 Å². The molecule has 1 spiro atoms. The summed E-state index contributed by atoms with van der Waals surface area (Å²) in [5.41, 5.74) is 3.34. The molecule has 112 valence electrons. The summed E-state index contributed by atoms with van der Waals surface area (Å²) in [5.74, 6) is 0. The lowest BCUT2D eigenvalue weighted by molar-refractivity contribution is -0.132. The largest absolute Gasteiger partial charge is 0.390 e. The molecule has 3 heterocycles. The number of aryl methyl sites for hydroxylation is 2. The van der Waals surface area contributed by atoms with Crippen LogP contribution in [0.5, 0.6) is 0 Å². The fourth-order valence-electron chi connectivity index (χ4n) is 3.64. The summed E-state index contributed by atoms with van der Waals surface area (Å²) in [6.45, 7) is 7.65. The van der Waals surface area contributed by atoms with E-state index < -0.39 is 0 Å². The summed E-state index contributed by atoms with van der Waals surface area (Å²) >= 11 is 0. The molecule has 5 nitrogen and oxygen atoms in total. The second-order valence-corrected chi connectivity index (χ2v) is 6.30. The minimum absolute atomic E-state index is 0.308. The zero-order valence-electron chi connectivity index (χ0n) is 12.7. The van der Waals surface area contributed by atoms with Crippen molar-refractivity contribution in [2.45, 2.75) is 51.4 Å². The molecule has 2 aliphatic heterocycles. The average molecular weight is 279 g/mol. The first-order valence-corrected chi connectivity index (χ1v) is 7.55. The Morgan fingerprint density at radius 2 is 2.25 bits per heavy atom. The van der Waals surface area contributed by atoms with Gasteiger partial charge in [-0.3, -0.25) is 9.58 Å². The Balaban J connectivity index is 1.75. The molecule has 2 aliphatic rings. The SMILES string of the molecule is Cc1nn(C)c(C)c1CN1CC[C@H](O)[C@]2(CCCO2)C1. The highest BCUT2D eigenvalue weighted by molar-refractivity contribution is 5.24. The molecule has 3 rings (SSSR count). The molecule has 0 aromatic carbocycles. The van der Waals surface area contributed by atoms with Gasteiger partial charge >= 0.3 is 0 Å². The Kier molecular flexibility index (Phi) is 3.60.